The lowest BCUT2D eigenvalue weighted by Gasteiger charge is -2.22. The number of hydrogen-bond acceptors (Lipinski definition) is 4. The Balaban J connectivity index is 2.74. The summed E-state index contributed by atoms with van der Waals surface area (Å²) >= 11 is 0. The number of carbonyl (C=O) groups is 2. The highest BCUT2D eigenvalue weighted by molar-refractivity contribution is 5.94. The van der Waals surface area contributed by atoms with Crippen LogP contribution in [0.3, 0.4) is 0 Å². The van der Waals surface area contributed by atoms with E-state index in [1.807, 2.05) is 20.8 Å². The number of nitrogens with one attached hydrogen (secondary N) is 1. The van der Waals surface area contributed by atoms with E-state index < -0.39 is 6.61 Å². The summed E-state index contributed by atoms with van der Waals surface area (Å²) in [6, 6.07) is 4.31. The molecule has 0 fully saturated rings. The lowest BCUT2D eigenvalue weighted by molar-refractivity contribution is -0.131. The lowest BCUT2D eigenvalue weighted by atomic mass is 10.1. The molecule has 0 saturated heterocycles. The van der Waals surface area contributed by atoms with Crippen LogP contribution in [-0.2, 0) is 9.59 Å². The summed E-state index contributed by atoms with van der Waals surface area (Å²) in [4.78, 5) is 25.2. The standard InChI is InChI=1S/C18H24F2N2O4/c1-18(2,3)21-15(23)11-22(4)16(24)9-7-12-6-8-13(26-17(19)20)14(10-12)25-5/h6-10,17H,11H2,1-5H3,(H,21,23)/b9-7+. The molecule has 0 aliphatic rings. The van der Waals surface area contributed by atoms with Crippen LogP contribution in [0.4, 0.5) is 8.78 Å². The van der Waals surface area contributed by atoms with E-state index in [1.54, 1.807) is 0 Å². The van der Waals surface area contributed by atoms with Crippen LogP contribution in [0.15, 0.2) is 24.3 Å². The van der Waals surface area contributed by atoms with Crippen LogP contribution < -0.4 is 14.8 Å². The van der Waals surface area contributed by atoms with Gasteiger partial charge in [0.05, 0.1) is 13.7 Å². The number of alkyl halides is 2. The average Bonchev–Trinajstić information content (AvgIpc) is 2.50. The number of carbonyl (C=O) groups excluding carboxylic acids is 2. The predicted octanol–water partition coefficient (Wildman–Crippen LogP) is 2.68. The van der Waals surface area contributed by atoms with E-state index in [2.05, 4.69) is 10.1 Å². The number of ether oxygens (including phenoxy) is 2. The predicted molar refractivity (Wildman–Crippen MR) is 94.2 cm³/mol. The highest BCUT2D eigenvalue weighted by atomic mass is 19.3. The highest BCUT2D eigenvalue weighted by Gasteiger charge is 2.16. The van der Waals surface area contributed by atoms with Gasteiger partial charge in [0.2, 0.25) is 11.8 Å². The number of halogens is 2. The molecule has 6 nitrogen and oxygen atoms in total. The van der Waals surface area contributed by atoms with Crippen molar-refractivity contribution >= 4 is 17.9 Å². The monoisotopic (exact) mass is 370 g/mol. The van der Waals surface area contributed by atoms with Gasteiger partial charge in [-0.1, -0.05) is 6.07 Å². The number of amides is 2. The van der Waals surface area contributed by atoms with E-state index in [4.69, 9.17) is 4.74 Å². The molecular weight excluding hydrogens is 346 g/mol. The Morgan fingerprint density at radius 2 is 1.92 bits per heavy atom. The van der Waals surface area contributed by atoms with Crippen molar-refractivity contribution in [3.05, 3.63) is 29.8 Å². The summed E-state index contributed by atoms with van der Waals surface area (Å²) in [5.74, 6) is -0.613. The van der Waals surface area contributed by atoms with Crippen molar-refractivity contribution in [3.8, 4) is 11.5 Å². The van der Waals surface area contributed by atoms with Crippen molar-refractivity contribution in [2.45, 2.75) is 32.9 Å². The van der Waals surface area contributed by atoms with Gasteiger partial charge in [-0.3, -0.25) is 9.59 Å². The number of rotatable bonds is 7. The first-order chi connectivity index (χ1) is 12.0. The molecule has 0 atom stereocenters. The van der Waals surface area contributed by atoms with Gasteiger partial charge in [0.1, 0.15) is 0 Å². The third-order valence-corrected chi connectivity index (χ3v) is 3.09. The molecule has 0 heterocycles. The zero-order valence-electron chi connectivity index (χ0n) is 15.5. The van der Waals surface area contributed by atoms with Crippen molar-refractivity contribution in [2.75, 3.05) is 20.7 Å². The maximum Gasteiger partial charge on any atom is 0.387 e. The van der Waals surface area contributed by atoms with Crippen molar-refractivity contribution in [1.82, 2.24) is 10.2 Å². The number of hydrogen-bond donors (Lipinski definition) is 1. The Bertz CT molecular complexity index is 670. The molecule has 8 heteroatoms. The smallest absolute Gasteiger partial charge is 0.387 e. The molecule has 2 amide bonds. The van der Waals surface area contributed by atoms with Gasteiger partial charge >= 0.3 is 6.61 Å². The lowest BCUT2D eigenvalue weighted by Crippen LogP contribution is -2.46. The minimum atomic E-state index is -2.96. The highest BCUT2D eigenvalue weighted by Crippen LogP contribution is 2.29. The fraction of sp³-hybridized carbons (Fsp3) is 0.444. The van der Waals surface area contributed by atoms with Crippen molar-refractivity contribution in [3.63, 3.8) is 0 Å². The van der Waals surface area contributed by atoms with Crippen molar-refractivity contribution < 1.29 is 27.8 Å². The first-order valence-electron chi connectivity index (χ1n) is 7.89. The molecule has 0 aliphatic heterocycles. The molecule has 0 aliphatic carbocycles. The van der Waals surface area contributed by atoms with Gasteiger partial charge < -0.3 is 19.7 Å². The van der Waals surface area contributed by atoms with Crippen LogP contribution in [-0.4, -0.2) is 49.6 Å². The van der Waals surface area contributed by atoms with Gasteiger partial charge in [-0.05, 0) is 44.5 Å². The Morgan fingerprint density at radius 3 is 2.46 bits per heavy atom. The molecule has 0 saturated carbocycles. The third-order valence-electron chi connectivity index (χ3n) is 3.09. The molecule has 1 N–H and O–H groups in total. The number of methoxy groups -OCH3 is 1. The second kappa shape index (κ2) is 9.17. The maximum absolute atomic E-state index is 12.3. The van der Waals surface area contributed by atoms with Crippen LogP contribution in [0, 0.1) is 0 Å². The first kappa shape index (κ1) is 21.4. The minimum absolute atomic E-state index is 0.0784. The molecule has 1 aromatic rings. The quantitative estimate of drug-likeness (QED) is 0.750. The molecule has 1 aromatic carbocycles. The zero-order chi connectivity index (χ0) is 19.9. The van der Waals surface area contributed by atoms with Crippen LogP contribution >= 0.6 is 0 Å². The molecule has 0 radical (unpaired) electrons. The topological polar surface area (TPSA) is 67.9 Å². The van der Waals surface area contributed by atoms with Gasteiger partial charge in [-0.25, -0.2) is 0 Å². The summed E-state index contributed by atoms with van der Waals surface area (Å²) in [7, 11) is 2.84. The third kappa shape index (κ3) is 7.50. The van der Waals surface area contributed by atoms with Gasteiger partial charge in [0, 0.05) is 18.7 Å². The minimum Gasteiger partial charge on any atom is -0.493 e. The first-order valence-corrected chi connectivity index (χ1v) is 7.89. The summed E-state index contributed by atoms with van der Waals surface area (Å²) in [5.41, 5.74) is 0.180. The Hall–Kier alpha value is -2.64. The van der Waals surface area contributed by atoms with E-state index in [0.29, 0.717) is 5.56 Å². The van der Waals surface area contributed by atoms with Crippen LogP contribution in [0.2, 0.25) is 0 Å². The molecule has 1 rings (SSSR count). The van der Waals surface area contributed by atoms with Gasteiger partial charge in [-0.2, -0.15) is 8.78 Å². The van der Waals surface area contributed by atoms with E-state index in [9.17, 15) is 18.4 Å². The zero-order valence-corrected chi connectivity index (χ0v) is 15.5. The van der Waals surface area contributed by atoms with Gasteiger partial charge in [0.15, 0.2) is 11.5 Å². The summed E-state index contributed by atoms with van der Waals surface area (Å²) in [6.45, 7) is 2.51. The summed E-state index contributed by atoms with van der Waals surface area (Å²) in [6.07, 6.45) is 2.78. The molecule has 0 unspecified atom stereocenters. The average molecular weight is 370 g/mol. The normalized spacial score (nSPS) is 11.5. The van der Waals surface area contributed by atoms with Crippen LogP contribution in [0.5, 0.6) is 11.5 Å². The Labute approximate surface area is 151 Å². The molecular formula is C18H24F2N2O4. The van der Waals surface area contributed by atoms with Crippen LogP contribution in [0.1, 0.15) is 26.3 Å². The fourth-order valence-corrected chi connectivity index (χ4v) is 2.03. The molecule has 0 spiro atoms. The molecule has 26 heavy (non-hydrogen) atoms. The Morgan fingerprint density at radius 1 is 1.27 bits per heavy atom. The largest absolute Gasteiger partial charge is 0.493 e. The van der Waals surface area contributed by atoms with Crippen LogP contribution in [0.25, 0.3) is 6.08 Å². The number of nitrogens with zero attached hydrogens (tertiary/aromatic N) is 1. The van der Waals surface area contributed by atoms with E-state index in [0.717, 1.165) is 0 Å². The Kier molecular flexibility index (Phi) is 7.55. The molecule has 144 valence electrons. The second-order valence-corrected chi connectivity index (χ2v) is 6.61. The number of likely N-dealkylation sites (N-methyl/N-ethyl adjacent to an activating group) is 1. The SMILES string of the molecule is COc1cc(/C=C/C(=O)N(C)CC(=O)NC(C)(C)C)ccc1OC(F)F. The van der Waals surface area contributed by atoms with E-state index in [1.165, 1.54) is 49.4 Å². The fourth-order valence-electron chi connectivity index (χ4n) is 2.03. The number of benzene rings is 1. The molecule has 0 aromatic heterocycles. The van der Waals surface area contributed by atoms with Crippen molar-refractivity contribution in [2.24, 2.45) is 0 Å². The summed E-state index contributed by atoms with van der Waals surface area (Å²) in [5, 5.41) is 2.77. The van der Waals surface area contributed by atoms with Crippen molar-refractivity contribution in [1.29, 1.82) is 0 Å². The molecule has 0 bridgehead atoms. The summed E-state index contributed by atoms with van der Waals surface area (Å²) < 4.78 is 34.0. The van der Waals surface area contributed by atoms with Gasteiger partial charge in [0.25, 0.3) is 0 Å². The second-order valence-electron chi connectivity index (χ2n) is 6.61. The maximum atomic E-state index is 12.3. The van der Waals surface area contributed by atoms with E-state index in [-0.39, 0.29) is 35.4 Å². The van der Waals surface area contributed by atoms with Gasteiger partial charge in [-0.15, -0.1) is 0 Å². The van der Waals surface area contributed by atoms with E-state index >= 15 is 0 Å².